The van der Waals surface area contributed by atoms with Gasteiger partial charge >= 0.3 is 0 Å². The smallest absolute Gasteiger partial charge is 0.217 e. The molecular weight excluding hydrogens is 246 g/mol. The third-order valence-corrected chi connectivity index (χ3v) is 4.11. The number of benzene rings is 1. The van der Waals surface area contributed by atoms with Crippen LogP contribution in [-0.4, -0.2) is 17.8 Å². The Bertz CT molecular complexity index is 468. The minimum Gasteiger partial charge on any atom is -0.352 e. The number of carbonyl (C=O) groups excluding carboxylic acids is 1. The minimum absolute atomic E-state index is 0.0106. The lowest BCUT2D eigenvalue weighted by atomic mass is 9.82. The molecule has 1 amide bonds. The summed E-state index contributed by atoms with van der Waals surface area (Å²) in [5, 5.41) is 3.07. The molecule has 3 heteroatoms. The molecule has 0 bridgehead atoms. The van der Waals surface area contributed by atoms with Crippen molar-refractivity contribution in [3.05, 3.63) is 34.9 Å². The maximum Gasteiger partial charge on any atom is 0.217 e. The Kier molecular flexibility index (Phi) is 3.67. The van der Waals surface area contributed by atoms with Gasteiger partial charge in [-0.15, -0.1) is 11.6 Å². The number of alkyl halides is 1. The van der Waals surface area contributed by atoms with Crippen molar-refractivity contribution in [3.63, 3.8) is 0 Å². The van der Waals surface area contributed by atoms with E-state index in [2.05, 4.69) is 37.4 Å². The number of aryl methyl sites for hydroxylation is 1. The second kappa shape index (κ2) is 4.93. The molecule has 1 aromatic carbocycles. The van der Waals surface area contributed by atoms with E-state index in [1.807, 2.05) is 0 Å². The van der Waals surface area contributed by atoms with Gasteiger partial charge in [-0.1, -0.05) is 32.0 Å². The van der Waals surface area contributed by atoms with Crippen LogP contribution in [0.1, 0.15) is 37.5 Å². The van der Waals surface area contributed by atoms with Crippen LogP contribution in [0.2, 0.25) is 0 Å². The Morgan fingerprint density at radius 1 is 1.50 bits per heavy atom. The highest BCUT2D eigenvalue weighted by molar-refractivity contribution is 6.17. The summed E-state index contributed by atoms with van der Waals surface area (Å²) in [6, 6.07) is 6.77. The van der Waals surface area contributed by atoms with Crippen LogP contribution in [0.5, 0.6) is 0 Å². The standard InChI is InChI=1S/C15H20ClNO/c1-10(18)17-14-9-12-5-4-11(6-7-16)8-13(12)15(14,2)3/h4-5,8,14H,6-7,9H2,1-3H3,(H,17,18). The molecule has 0 saturated carbocycles. The molecule has 18 heavy (non-hydrogen) atoms. The first-order valence-electron chi connectivity index (χ1n) is 6.40. The Labute approximate surface area is 114 Å². The Morgan fingerprint density at radius 2 is 2.22 bits per heavy atom. The summed E-state index contributed by atoms with van der Waals surface area (Å²) in [4.78, 5) is 11.3. The number of amides is 1. The molecule has 0 aromatic heterocycles. The van der Waals surface area contributed by atoms with Gasteiger partial charge in [0.15, 0.2) is 0 Å². The maximum atomic E-state index is 11.3. The summed E-state index contributed by atoms with van der Waals surface area (Å²) in [6.07, 6.45) is 1.82. The second-order valence-corrected chi connectivity index (χ2v) is 5.99. The Balaban J connectivity index is 2.31. The summed E-state index contributed by atoms with van der Waals surface area (Å²) in [6.45, 7) is 5.98. The molecule has 0 spiro atoms. The molecule has 0 heterocycles. The molecule has 1 N–H and O–H groups in total. The van der Waals surface area contributed by atoms with Gasteiger partial charge in [0.1, 0.15) is 0 Å². The molecule has 2 rings (SSSR count). The predicted octanol–water partition coefficient (Wildman–Crippen LogP) is 2.81. The quantitative estimate of drug-likeness (QED) is 0.837. The summed E-state index contributed by atoms with van der Waals surface area (Å²) in [5.41, 5.74) is 3.96. The van der Waals surface area contributed by atoms with Gasteiger partial charge in [0.25, 0.3) is 0 Å². The molecule has 1 aliphatic carbocycles. The van der Waals surface area contributed by atoms with Gasteiger partial charge in [-0.25, -0.2) is 0 Å². The van der Waals surface area contributed by atoms with Gasteiger partial charge in [0.2, 0.25) is 5.91 Å². The largest absolute Gasteiger partial charge is 0.352 e. The van der Waals surface area contributed by atoms with E-state index in [4.69, 9.17) is 11.6 Å². The summed E-state index contributed by atoms with van der Waals surface area (Å²) >= 11 is 5.80. The zero-order valence-corrected chi connectivity index (χ0v) is 12.0. The zero-order chi connectivity index (χ0) is 13.3. The molecule has 0 saturated heterocycles. The van der Waals surface area contributed by atoms with Crippen LogP contribution in [0.4, 0.5) is 0 Å². The van der Waals surface area contributed by atoms with Gasteiger partial charge in [-0.3, -0.25) is 4.79 Å². The number of hydrogen-bond acceptors (Lipinski definition) is 1. The van der Waals surface area contributed by atoms with Crippen molar-refractivity contribution in [3.8, 4) is 0 Å². The van der Waals surface area contributed by atoms with Crippen LogP contribution in [0, 0.1) is 0 Å². The van der Waals surface area contributed by atoms with Crippen LogP contribution in [0.25, 0.3) is 0 Å². The number of halogens is 1. The lowest BCUT2D eigenvalue weighted by molar-refractivity contribution is -0.120. The minimum atomic E-state index is -0.0106. The fourth-order valence-electron chi connectivity index (χ4n) is 2.81. The third kappa shape index (κ3) is 2.39. The van der Waals surface area contributed by atoms with Gasteiger partial charge in [0.05, 0.1) is 0 Å². The first-order valence-corrected chi connectivity index (χ1v) is 6.94. The lowest BCUT2D eigenvalue weighted by Gasteiger charge is -2.29. The van der Waals surface area contributed by atoms with Crippen molar-refractivity contribution in [2.75, 3.05) is 5.88 Å². The highest BCUT2D eigenvalue weighted by atomic mass is 35.5. The van der Waals surface area contributed by atoms with Crippen LogP contribution in [-0.2, 0) is 23.1 Å². The summed E-state index contributed by atoms with van der Waals surface area (Å²) in [5.74, 6) is 0.691. The van der Waals surface area contributed by atoms with Crippen molar-refractivity contribution in [2.24, 2.45) is 0 Å². The normalized spacial score (nSPS) is 20.6. The molecule has 1 aliphatic rings. The molecule has 0 radical (unpaired) electrons. The van der Waals surface area contributed by atoms with E-state index in [-0.39, 0.29) is 17.4 Å². The van der Waals surface area contributed by atoms with E-state index in [1.54, 1.807) is 6.92 Å². The van der Waals surface area contributed by atoms with Crippen LogP contribution in [0.15, 0.2) is 18.2 Å². The lowest BCUT2D eigenvalue weighted by Crippen LogP contribution is -2.44. The molecule has 0 aliphatic heterocycles. The summed E-state index contributed by atoms with van der Waals surface area (Å²) in [7, 11) is 0. The van der Waals surface area contributed by atoms with Gasteiger partial charge < -0.3 is 5.32 Å². The zero-order valence-electron chi connectivity index (χ0n) is 11.2. The second-order valence-electron chi connectivity index (χ2n) is 5.61. The van der Waals surface area contributed by atoms with Crippen molar-refractivity contribution >= 4 is 17.5 Å². The van der Waals surface area contributed by atoms with Crippen molar-refractivity contribution in [2.45, 2.75) is 45.1 Å². The maximum absolute atomic E-state index is 11.3. The van der Waals surface area contributed by atoms with Crippen LogP contribution >= 0.6 is 11.6 Å². The molecule has 0 fully saturated rings. The topological polar surface area (TPSA) is 29.1 Å². The molecular formula is C15H20ClNO. The first kappa shape index (κ1) is 13.4. The highest BCUT2D eigenvalue weighted by Crippen LogP contribution is 2.39. The van der Waals surface area contributed by atoms with E-state index < -0.39 is 0 Å². The van der Waals surface area contributed by atoms with Crippen molar-refractivity contribution in [1.82, 2.24) is 5.32 Å². The number of fused-ring (bicyclic) bond motifs is 1. The van der Waals surface area contributed by atoms with Crippen molar-refractivity contribution in [1.29, 1.82) is 0 Å². The van der Waals surface area contributed by atoms with E-state index >= 15 is 0 Å². The highest BCUT2D eigenvalue weighted by Gasteiger charge is 2.39. The fourth-order valence-corrected chi connectivity index (χ4v) is 3.02. The number of rotatable bonds is 3. The van der Waals surface area contributed by atoms with Gasteiger partial charge in [0, 0.05) is 24.3 Å². The molecule has 1 unspecified atom stereocenters. The molecule has 2 nitrogen and oxygen atoms in total. The van der Waals surface area contributed by atoms with E-state index in [1.165, 1.54) is 16.7 Å². The number of hydrogen-bond donors (Lipinski definition) is 1. The van der Waals surface area contributed by atoms with Crippen molar-refractivity contribution < 1.29 is 4.79 Å². The predicted molar refractivity (Wildman–Crippen MR) is 75.2 cm³/mol. The average Bonchev–Trinajstić information content (AvgIpc) is 2.52. The summed E-state index contributed by atoms with van der Waals surface area (Å²) < 4.78 is 0. The fraction of sp³-hybridized carbons (Fsp3) is 0.533. The average molecular weight is 266 g/mol. The Hall–Kier alpha value is -1.02. The third-order valence-electron chi connectivity index (χ3n) is 3.92. The Morgan fingerprint density at radius 3 is 2.83 bits per heavy atom. The number of nitrogens with one attached hydrogen (secondary N) is 1. The monoisotopic (exact) mass is 265 g/mol. The van der Waals surface area contributed by atoms with E-state index in [9.17, 15) is 4.79 Å². The van der Waals surface area contributed by atoms with Gasteiger partial charge in [-0.2, -0.15) is 0 Å². The first-order chi connectivity index (χ1) is 8.45. The van der Waals surface area contributed by atoms with E-state index in [0.29, 0.717) is 5.88 Å². The van der Waals surface area contributed by atoms with Gasteiger partial charge in [-0.05, 0) is 29.5 Å². The molecule has 1 aromatic rings. The molecule has 98 valence electrons. The van der Waals surface area contributed by atoms with Crippen LogP contribution in [0.3, 0.4) is 0 Å². The molecule has 1 atom stereocenters. The van der Waals surface area contributed by atoms with E-state index in [0.717, 1.165) is 12.8 Å². The SMILES string of the molecule is CC(=O)NC1Cc2ccc(CCCl)cc2C1(C)C. The number of carbonyl (C=O) groups is 1. The van der Waals surface area contributed by atoms with Crippen LogP contribution < -0.4 is 5.32 Å².